The maximum Gasteiger partial charge on any atom is 0.416 e. The molecule has 0 atom stereocenters. The fraction of sp³-hybridized carbons (Fsp3) is 0.240. The molecule has 0 aliphatic carbocycles. The number of halogens is 6. The van der Waals surface area contributed by atoms with E-state index in [9.17, 15) is 39.6 Å². The van der Waals surface area contributed by atoms with Gasteiger partial charge in [-0.25, -0.2) is 13.2 Å². The van der Waals surface area contributed by atoms with E-state index in [1.54, 1.807) is 30.3 Å². The van der Waals surface area contributed by atoms with E-state index in [1.807, 2.05) is 0 Å². The summed E-state index contributed by atoms with van der Waals surface area (Å²) in [5.41, 5.74) is -2.24. The maximum atomic E-state index is 13.0. The highest BCUT2D eigenvalue weighted by Crippen LogP contribution is 2.36. The first-order valence-corrected chi connectivity index (χ1v) is 12.8. The number of anilines is 1. The number of hydrogen-bond donors (Lipinski definition) is 1. The van der Waals surface area contributed by atoms with E-state index in [0.29, 0.717) is 17.8 Å². The molecule has 0 saturated carbocycles. The standard InChI is InChI=1S/C25H22F6N2O4S/c1-38(35,36)22-9-7-21(8-10-22)33(14-17-5-3-2-4-6-17)23(34)32-16-37-15-18-11-19(24(26,27)28)13-20(12-18)25(29,30)31/h2-13H,14-16H2,1H3,(H,32,34). The summed E-state index contributed by atoms with van der Waals surface area (Å²) in [4.78, 5) is 14.3. The Bertz CT molecular complexity index is 1330. The van der Waals surface area contributed by atoms with Crippen molar-refractivity contribution in [2.45, 2.75) is 30.4 Å². The second kappa shape index (κ2) is 11.4. The first-order chi connectivity index (χ1) is 17.6. The van der Waals surface area contributed by atoms with E-state index < -0.39 is 52.7 Å². The molecule has 204 valence electrons. The van der Waals surface area contributed by atoms with Crippen molar-refractivity contribution in [1.82, 2.24) is 5.32 Å². The van der Waals surface area contributed by atoms with E-state index in [1.165, 1.54) is 29.2 Å². The van der Waals surface area contributed by atoms with Crippen LogP contribution in [0.5, 0.6) is 0 Å². The molecule has 0 radical (unpaired) electrons. The first-order valence-electron chi connectivity index (χ1n) is 10.9. The molecule has 0 spiro atoms. The molecule has 38 heavy (non-hydrogen) atoms. The number of urea groups is 1. The van der Waals surface area contributed by atoms with Gasteiger partial charge < -0.3 is 10.1 Å². The summed E-state index contributed by atoms with van der Waals surface area (Å²) in [6.45, 7) is -1.08. The lowest BCUT2D eigenvalue weighted by Gasteiger charge is -2.24. The average Bonchev–Trinajstić information content (AvgIpc) is 2.84. The number of hydrogen-bond acceptors (Lipinski definition) is 4. The summed E-state index contributed by atoms with van der Waals surface area (Å²) in [5, 5.41) is 2.41. The Hall–Kier alpha value is -3.58. The Morgan fingerprint density at radius 2 is 1.39 bits per heavy atom. The number of nitrogens with zero attached hydrogens (tertiary/aromatic N) is 1. The summed E-state index contributed by atoms with van der Waals surface area (Å²) in [6, 6.07) is 14.7. The normalized spacial score (nSPS) is 12.3. The van der Waals surface area contributed by atoms with Gasteiger partial charge in [-0.05, 0) is 53.6 Å². The molecule has 2 amide bonds. The van der Waals surface area contributed by atoms with Gasteiger partial charge >= 0.3 is 18.4 Å². The third-order valence-corrected chi connectivity index (χ3v) is 6.38. The van der Waals surface area contributed by atoms with E-state index in [4.69, 9.17) is 4.74 Å². The molecule has 13 heteroatoms. The second-order valence-electron chi connectivity index (χ2n) is 8.23. The lowest BCUT2D eigenvalue weighted by Crippen LogP contribution is -2.40. The number of nitrogens with one attached hydrogen (secondary N) is 1. The maximum absolute atomic E-state index is 13.0. The van der Waals surface area contributed by atoms with Gasteiger partial charge in [-0.2, -0.15) is 26.3 Å². The molecule has 0 bridgehead atoms. The molecule has 0 fully saturated rings. The smallest absolute Gasteiger partial charge is 0.357 e. The van der Waals surface area contributed by atoms with Crippen molar-refractivity contribution < 1.29 is 44.3 Å². The van der Waals surface area contributed by atoms with Crippen LogP contribution in [0, 0.1) is 0 Å². The van der Waals surface area contributed by atoms with Gasteiger partial charge in [-0.3, -0.25) is 4.90 Å². The number of rotatable bonds is 8. The van der Waals surface area contributed by atoms with Crippen molar-refractivity contribution in [3.05, 3.63) is 95.1 Å². The van der Waals surface area contributed by atoms with Crippen LogP contribution in [0.3, 0.4) is 0 Å². The van der Waals surface area contributed by atoms with Crippen LogP contribution in [0.4, 0.5) is 36.8 Å². The molecule has 0 saturated heterocycles. The molecule has 3 aromatic carbocycles. The van der Waals surface area contributed by atoms with Gasteiger partial charge in [0, 0.05) is 11.9 Å². The van der Waals surface area contributed by atoms with Gasteiger partial charge in [0.1, 0.15) is 6.73 Å². The molecule has 0 aliphatic rings. The number of alkyl halides is 6. The van der Waals surface area contributed by atoms with Crippen molar-refractivity contribution in [3.63, 3.8) is 0 Å². The summed E-state index contributed by atoms with van der Waals surface area (Å²) in [7, 11) is -3.47. The Balaban J connectivity index is 1.72. The number of sulfone groups is 1. The SMILES string of the molecule is CS(=O)(=O)c1ccc(N(Cc2ccccc2)C(=O)NCOCc2cc(C(F)(F)F)cc(C(F)(F)F)c2)cc1. The Morgan fingerprint density at radius 3 is 1.89 bits per heavy atom. The van der Waals surface area contributed by atoms with Crippen LogP contribution in [0.1, 0.15) is 22.3 Å². The highest BCUT2D eigenvalue weighted by molar-refractivity contribution is 7.90. The number of amides is 2. The van der Waals surface area contributed by atoms with Gasteiger partial charge in [-0.15, -0.1) is 0 Å². The van der Waals surface area contributed by atoms with E-state index in [2.05, 4.69) is 5.32 Å². The quantitative estimate of drug-likeness (QED) is 0.208. The molecular formula is C25H22F6N2O4S. The monoisotopic (exact) mass is 560 g/mol. The lowest BCUT2D eigenvalue weighted by molar-refractivity contribution is -0.143. The van der Waals surface area contributed by atoms with E-state index in [0.717, 1.165) is 11.8 Å². The molecule has 0 heterocycles. The second-order valence-corrected chi connectivity index (χ2v) is 10.2. The minimum absolute atomic E-state index is 0.0157. The topological polar surface area (TPSA) is 75.7 Å². The zero-order chi connectivity index (χ0) is 28.1. The molecule has 1 N–H and O–H groups in total. The van der Waals surface area contributed by atoms with Crippen molar-refractivity contribution >= 4 is 21.6 Å². The number of benzene rings is 3. The number of carbonyl (C=O) groups is 1. The van der Waals surface area contributed by atoms with Crippen LogP contribution in [0.2, 0.25) is 0 Å². The zero-order valence-corrected chi connectivity index (χ0v) is 20.6. The fourth-order valence-corrected chi connectivity index (χ4v) is 4.03. The lowest BCUT2D eigenvalue weighted by atomic mass is 10.1. The molecular weight excluding hydrogens is 538 g/mol. The molecule has 3 aromatic rings. The summed E-state index contributed by atoms with van der Waals surface area (Å²) in [6.07, 6.45) is -8.94. The van der Waals surface area contributed by atoms with Crippen molar-refractivity contribution in [3.8, 4) is 0 Å². The van der Waals surface area contributed by atoms with Gasteiger partial charge in [0.2, 0.25) is 0 Å². The summed E-state index contributed by atoms with van der Waals surface area (Å²) >= 11 is 0. The van der Waals surface area contributed by atoms with E-state index in [-0.39, 0.29) is 23.1 Å². The van der Waals surface area contributed by atoms with Crippen molar-refractivity contribution in [2.24, 2.45) is 0 Å². The van der Waals surface area contributed by atoms with Gasteiger partial charge in [-0.1, -0.05) is 30.3 Å². The molecule has 0 aromatic heterocycles. The third kappa shape index (κ3) is 7.96. The molecule has 0 unspecified atom stereocenters. The van der Waals surface area contributed by atoms with Crippen LogP contribution < -0.4 is 10.2 Å². The third-order valence-electron chi connectivity index (χ3n) is 5.25. The predicted octanol–water partition coefficient (Wildman–Crippen LogP) is 6.02. The minimum Gasteiger partial charge on any atom is -0.357 e. The predicted molar refractivity (Wildman–Crippen MR) is 127 cm³/mol. The summed E-state index contributed by atoms with van der Waals surface area (Å²) in [5.74, 6) is 0. The van der Waals surface area contributed by atoms with Gasteiger partial charge in [0.15, 0.2) is 9.84 Å². The minimum atomic E-state index is -4.99. The highest BCUT2D eigenvalue weighted by atomic mass is 32.2. The fourth-order valence-electron chi connectivity index (χ4n) is 3.40. The Labute approximate surface area is 214 Å². The van der Waals surface area contributed by atoms with Crippen LogP contribution in [0.25, 0.3) is 0 Å². The Morgan fingerprint density at radius 1 is 0.842 bits per heavy atom. The van der Waals surface area contributed by atoms with Gasteiger partial charge in [0.25, 0.3) is 0 Å². The van der Waals surface area contributed by atoms with Gasteiger partial charge in [0.05, 0.1) is 29.2 Å². The van der Waals surface area contributed by atoms with Crippen LogP contribution in [-0.4, -0.2) is 27.4 Å². The largest absolute Gasteiger partial charge is 0.416 e. The summed E-state index contributed by atoms with van der Waals surface area (Å²) < 4.78 is 107. The van der Waals surface area contributed by atoms with E-state index >= 15 is 0 Å². The van der Waals surface area contributed by atoms with Crippen molar-refractivity contribution in [2.75, 3.05) is 17.9 Å². The average molecular weight is 561 g/mol. The van der Waals surface area contributed by atoms with Crippen LogP contribution >= 0.6 is 0 Å². The highest BCUT2D eigenvalue weighted by Gasteiger charge is 2.36. The number of carbonyl (C=O) groups excluding carboxylic acids is 1. The molecule has 0 aliphatic heterocycles. The van der Waals surface area contributed by atoms with Crippen LogP contribution in [0.15, 0.2) is 77.7 Å². The van der Waals surface area contributed by atoms with Crippen molar-refractivity contribution in [1.29, 1.82) is 0 Å². The molecule has 3 rings (SSSR count). The zero-order valence-electron chi connectivity index (χ0n) is 19.8. The molecule has 6 nitrogen and oxygen atoms in total. The Kier molecular flexibility index (Phi) is 8.72. The number of ether oxygens (including phenoxy) is 1. The van der Waals surface area contributed by atoms with Crippen LogP contribution in [-0.2, 0) is 40.1 Å². The first kappa shape index (κ1) is 29.0.